The largest absolute Gasteiger partial charge is 0.497 e. The number of nitrogens with one attached hydrogen (secondary N) is 1. The summed E-state index contributed by atoms with van der Waals surface area (Å²) in [7, 11) is -1.97. The van der Waals surface area contributed by atoms with Gasteiger partial charge in [0.15, 0.2) is 0 Å². The number of hydrogen-bond donors (Lipinski definition) is 1. The van der Waals surface area contributed by atoms with Crippen LogP contribution in [-0.2, 0) is 14.8 Å². The lowest BCUT2D eigenvalue weighted by Crippen LogP contribution is -2.51. The third-order valence-corrected chi connectivity index (χ3v) is 6.96. The molecule has 8 heteroatoms. The van der Waals surface area contributed by atoms with Gasteiger partial charge < -0.3 is 10.1 Å². The number of rotatable bonds is 10. The van der Waals surface area contributed by atoms with Crippen LogP contribution in [0.1, 0.15) is 39.5 Å². The number of methoxy groups -OCH3 is 1. The number of benzene rings is 1. The van der Waals surface area contributed by atoms with Crippen molar-refractivity contribution in [3.05, 3.63) is 24.3 Å². The maximum atomic E-state index is 12.8. The summed E-state index contributed by atoms with van der Waals surface area (Å²) < 4.78 is 32.1. The Labute approximate surface area is 169 Å². The minimum Gasteiger partial charge on any atom is -0.497 e. The number of ether oxygens (including phenoxy) is 1. The number of nitrogens with zero attached hydrogens (tertiary/aromatic N) is 2. The maximum Gasteiger partial charge on any atom is 0.243 e. The molecule has 1 aromatic carbocycles. The number of amides is 1. The molecule has 7 nitrogen and oxygen atoms in total. The number of hydrogen-bond acceptors (Lipinski definition) is 5. The monoisotopic (exact) mass is 411 g/mol. The van der Waals surface area contributed by atoms with Gasteiger partial charge in [-0.15, -0.1) is 0 Å². The van der Waals surface area contributed by atoms with Gasteiger partial charge in [-0.3, -0.25) is 9.69 Å². The van der Waals surface area contributed by atoms with Crippen LogP contribution in [0.3, 0.4) is 0 Å². The fourth-order valence-corrected chi connectivity index (χ4v) is 4.74. The molecule has 1 amide bonds. The van der Waals surface area contributed by atoms with Crippen LogP contribution >= 0.6 is 0 Å². The minimum absolute atomic E-state index is 0.00969. The van der Waals surface area contributed by atoms with Gasteiger partial charge in [0, 0.05) is 32.2 Å². The van der Waals surface area contributed by atoms with E-state index in [2.05, 4.69) is 12.2 Å². The van der Waals surface area contributed by atoms with E-state index in [9.17, 15) is 13.2 Å². The fraction of sp³-hybridized carbons (Fsp3) is 0.650. The summed E-state index contributed by atoms with van der Waals surface area (Å²) in [4.78, 5) is 14.5. The number of piperazine rings is 1. The van der Waals surface area contributed by atoms with Crippen molar-refractivity contribution in [1.82, 2.24) is 14.5 Å². The Hall–Kier alpha value is -1.64. The number of carbonyl (C=O) groups excluding carboxylic acids is 1. The third kappa shape index (κ3) is 6.46. The van der Waals surface area contributed by atoms with Gasteiger partial charge >= 0.3 is 0 Å². The minimum atomic E-state index is -3.52. The molecule has 158 valence electrons. The highest BCUT2D eigenvalue weighted by Gasteiger charge is 2.29. The van der Waals surface area contributed by atoms with E-state index in [0.717, 1.165) is 12.8 Å². The molecule has 1 aliphatic rings. The van der Waals surface area contributed by atoms with E-state index in [4.69, 9.17) is 4.74 Å². The van der Waals surface area contributed by atoms with E-state index in [-0.39, 0.29) is 16.8 Å². The van der Waals surface area contributed by atoms with Gasteiger partial charge in [-0.25, -0.2) is 8.42 Å². The van der Waals surface area contributed by atoms with Gasteiger partial charge in [0.05, 0.1) is 18.6 Å². The number of carbonyl (C=O) groups is 1. The lowest BCUT2D eigenvalue weighted by Gasteiger charge is -2.33. The molecular weight excluding hydrogens is 378 g/mol. The summed E-state index contributed by atoms with van der Waals surface area (Å²) in [6.07, 6.45) is 4.47. The first-order chi connectivity index (χ1) is 13.4. The zero-order chi connectivity index (χ0) is 20.6. The molecule has 0 aromatic heterocycles. The first kappa shape index (κ1) is 22.6. The Kier molecular flexibility index (Phi) is 8.72. The molecule has 1 aromatic rings. The van der Waals surface area contributed by atoms with Crippen molar-refractivity contribution >= 4 is 15.9 Å². The van der Waals surface area contributed by atoms with E-state index >= 15 is 0 Å². The quantitative estimate of drug-likeness (QED) is 0.597. The van der Waals surface area contributed by atoms with Crippen LogP contribution in [0.5, 0.6) is 5.75 Å². The van der Waals surface area contributed by atoms with Gasteiger partial charge in [-0.1, -0.05) is 26.2 Å². The molecule has 1 N–H and O–H groups in total. The van der Waals surface area contributed by atoms with Crippen molar-refractivity contribution in [2.45, 2.75) is 50.5 Å². The second kappa shape index (κ2) is 10.8. The molecule has 1 heterocycles. The molecule has 1 saturated heterocycles. The third-order valence-electron chi connectivity index (χ3n) is 5.04. The van der Waals surface area contributed by atoms with Gasteiger partial charge in [-0.2, -0.15) is 4.31 Å². The first-order valence-electron chi connectivity index (χ1n) is 10.0. The van der Waals surface area contributed by atoms with Crippen LogP contribution in [-0.4, -0.2) is 69.4 Å². The summed E-state index contributed by atoms with van der Waals surface area (Å²) in [6, 6.07) is 6.60. The average Bonchev–Trinajstić information content (AvgIpc) is 2.68. The Morgan fingerprint density at radius 2 is 1.79 bits per heavy atom. The van der Waals surface area contributed by atoms with Crippen molar-refractivity contribution in [2.75, 3.05) is 39.8 Å². The Morgan fingerprint density at radius 1 is 1.14 bits per heavy atom. The highest BCUT2D eigenvalue weighted by Crippen LogP contribution is 2.20. The standard InChI is InChI=1S/C20H33N3O4S/c1-4-5-6-7-17(2)21-20(24)16-22-12-14-23(15-13-22)28(25,26)19-10-8-18(27-3)9-11-19/h8-11,17H,4-7,12-16H2,1-3H3,(H,21,24)/t17-/m0/s1. The maximum absolute atomic E-state index is 12.8. The van der Waals surface area contributed by atoms with Crippen LogP contribution in [0.25, 0.3) is 0 Å². The van der Waals surface area contributed by atoms with Crippen LogP contribution in [0, 0.1) is 0 Å². The van der Waals surface area contributed by atoms with E-state index in [1.54, 1.807) is 31.4 Å². The summed E-state index contributed by atoms with van der Waals surface area (Å²) >= 11 is 0. The van der Waals surface area contributed by atoms with Crippen molar-refractivity contribution in [1.29, 1.82) is 0 Å². The smallest absolute Gasteiger partial charge is 0.243 e. The molecule has 0 saturated carbocycles. The number of sulfonamides is 1. The van der Waals surface area contributed by atoms with Crippen molar-refractivity contribution in [2.24, 2.45) is 0 Å². The molecule has 0 aliphatic carbocycles. The average molecular weight is 412 g/mol. The van der Waals surface area contributed by atoms with Crippen molar-refractivity contribution < 1.29 is 17.9 Å². The lowest BCUT2D eigenvalue weighted by atomic mass is 10.1. The SMILES string of the molecule is CCCCC[C@H](C)NC(=O)CN1CCN(S(=O)(=O)c2ccc(OC)cc2)CC1. The molecule has 1 fully saturated rings. The summed E-state index contributed by atoms with van der Waals surface area (Å²) in [5.74, 6) is 0.633. The molecule has 0 unspecified atom stereocenters. The first-order valence-corrected chi connectivity index (χ1v) is 11.5. The van der Waals surface area contributed by atoms with E-state index in [1.807, 2.05) is 11.8 Å². The molecule has 0 bridgehead atoms. The lowest BCUT2D eigenvalue weighted by molar-refractivity contribution is -0.123. The zero-order valence-electron chi connectivity index (χ0n) is 17.2. The zero-order valence-corrected chi connectivity index (χ0v) is 18.0. The topological polar surface area (TPSA) is 79.0 Å². The molecule has 2 rings (SSSR count). The molecule has 0 radical (unpaired) electrons. The van der Waals surface area contributed by atoms with Gasteiger partial charge in [0.2, 0.25) is 15.9 Å². The number of unbranched alkanes of at least 4 members (excludes halogenated alkanes) is 2. The molecule has 28 heavy (non-hydrogen) atoms. The predicted octanol–water partition coefficient (Wildman–Crippen LogP) is 2.09. The second-order valence-electron chi connectivity index (χ2n) is 7.32. The predicted molar refractivity (Wildman–Crippen MR) is 110 cm³/mol. The van der Waals surface area contributed by atoms with Crippen LogP contribution in [0.15, 0.2) is 29.2 Å². The Bertz CT molecular complexity index is 713. The van der Waals surface area contributed by atoms with Gasteiger partial charge in [-0.05, 0) is 37.6 Å². The van der Waals surface area contributed by atoms with E-state index < -0.39 is 10.0 Å². The van der Waals surface area contributed by atoms with Crippen LogP contribution < -0.4 is 10.1 Å². The summed E-state index contributed by atoms with van der Waals surface area (Å²) in [6.45, 7) is 6.38. The molecule has 1 atom stereocenters. The second-order valence-corrected chi connectivity index (χ2v) is 9.26. The van der Waals surface area contributed by atoms with Crippen molar-refractivity contribution in [3.8, 4) is 5.75 Å². The van der Waals surface area contributed by atoms with E-state index in [1.165, 1.54) is 17.1 Å². The van der Waals surface area contributed by atoms with Gasteiger partial charge in [0.1, 0.15) is 5.75 Å². The van der Waals surface area contributed by atoms with Crippen molar-refractivity contribution in [3.63, 3.8) is 0 Å². The fourth-order valence-electron chi connectivity index (χ4n) is 3.32. The Morgan fingerprint density at radius 3 is 2.36 bits per heavy atom. The van der Waals surface area contributed by atoms with E-state index in [0.29, 0.717) is 38.5 Å². The molecule has 0 spiro atoms. The van der Waals surface area contributed by atoms with Crippen LogP contribution in [0.2, 0.25) is 0 Å². The Balaban J connectivity index is 1.80. The summed E-state index contributed by atoms with van der Waals surface area (Å²) in [5.41, 5.74) is 0. The summed E-state index contributed by atoms with van der Waals surface area (Å²) in [5, 5.41) is 3.04. The highest BCUT2D eigenvalue weighted by molar-refractivity contribution is 7.89. The molecule has 1 aliphatic heterocycles. The van der Waals surface area contributed by atoms with Gasteiger partial charge in [0.25, 0.3) is 0 Å². The molecular formula is C20H33N3O4S. The van der Waals surface area contributed by atoms with Crippen LogP contribution in [0.4, 0.5) is 0 Å². The normalized spacial score (nSPS) is 17.2. The highest BCUT2D eigenvalue weighted by atomic mass is 32.2.